The van der Waals surface area contributed by atoms with E-state index in [-0.39, 0.29) is 18.2 Å². The van der Waals surface area contributed by atoms with Gasteiger partial charge in [0.15, 0.2) is 0 Å². The second kappa shape index (κ2) is 5.54. The van der Waals surface area contributed by atoms with Gasteiger partial charge in [0, 0.05) is 0 Å². The van der Waals surface area contributed by atoms with E-state index in [9.17, 15) is 4.79 Å². The Morgan fingerprint density at radius 2 is 1.75 bits per heavy atom. The Kier molecular flexibility index (Phi) is 4.35. The van der Waals surface area contributed by atoms with Crippen LogP contribution in [0.5, 0.6) is 0 Å². The Morgan fingerprint density at radius 1 is 1.19 bits per heavy atom. The molecule has 0 bridgehead atoms. The summed E-state index contributed by atoms with van der Waals surface area (Å²) in [6.45, 7) is 7.63. The molecule has 0 aromatic heterocycles. The summed E-state index contributed by atoms with van der Waals surface area (Å²) in [5, 5.41) is 2.79. The van der Waals surface area contributed by atoms with Crippen LogP contribution >= 0.6 is 0 Å². The van der Waals surface area contributed by atoms with Gasteiger partial charge in [-0.15, -0.1) is 0 Å². The maximum atomic E-state index is 11.4. The van der Waals surface area contributed by atoms with E-state index in [4.69, 9.17) is 4.74 Å². The van der Waals surface area contributed by atoms with Gasteiger partial charge in [0.2, 0.25) is 0 Å². The SMILES string of the molecule is Cc1ccc(C(C)NC(=O)OC(C)C)cc1. The standard InChI is InChI=1S/C13H19NO2/c1-9(2)16-13(15)14-11(4)12-7-5-10(3)6-8-12/h5-9,11H,1-4H3,(H,14,15). The summed E-state index contributed by atoms with van der Waals surface area (Å²) in [6, 6.07) is 8.04. The predicted octanol–water partition coefficient (Wildman–Crippen LogP) is 3.19. The van der Waals surface area contributed by atoms with Crippen LogP contribution in [0.25, 0.3) is 0 Å². The first kappa shape index (κ1) is 12.6. The van der Waals surface area contributed by atoms with Gasteiger partial charge in [-0.3, -0.25) is 0 Å². The number of hydrogen-bond acceptors (Lipinski definition) is 2. The topological polar surface area (TPSA) is 38.3 Å². The minimum atomic E-state index is -0.372. The van der Waals surface area contributed by atoms with Gasteiger partial charge in [0.05, 0.1) is 12.1 Å². The molecule has 0 saturated heterocycles. The summed E-state index contributed by atoms with van der Waals surface area (Å²) in [5.74, 6) is 0. The highest BCUT2D eigenvalue weighted by Crippen LogP contribution is 2.13. The predicted molar refractivity (Wildman–Crippen MR) is 64.3 cm³/mol. The average Bonchev–Trinajstić information content (AvgIpc) is 2.16. The van der Waals surface area contributed by atoms with Crippen LogP contribution in [-0.2, 0) is 4.74 Å². The largest absolute Gasteiger partial charge is 0.447 e. The molecule has 0 aliphatic heterocycles. The lowest BCUT2D eigenvalue weighted by Crippen LogP contribution is -2.29. The molecule has 1 aromatic rings. The molecule has 1 rings (SSSR count). The van der Waals surface area contributed by atoms with Crippen molar-refractivity contribution < 1.29 is 9.53 Å². The van der Waals surface area contributed by atoms with E-state index in [1.807, 2.05) is 52.0 Å². The Labute approximate surface area is 96.8 Å². The maximum Gasteiger partial charge on any atom is 0.407 e. The van der Waals surface area contributed by atoms with Crippen LogP contribution in [0.1, 0.15) is 37.9 Å². The molecule has 3 nitrogen and oxygen atoms in total. The molecule has 16 heavy (non-hydrogen) atoms. The van der Waals surface area contributed by atoms with Crippen LogP contribution in [-0.4, -0.2) is 12.2 Å². The number of hydrogen-bond donors (Lipinski definition) is 1. The monoisotopic (exact) mass is 221 g/mol. The zero-order valence-corrected chi connectivity index (χ0v) is 10.3. The third-order valence-electron chi connectivity index (χ3n) is 2.25. The lowest BCUT2D eigenvalue weighted by Gasteiger charge is -2.15. The van der Waals surface area contributed by atoms with E-state index in [0.717, 1.165) is 5.56 Å². The summed E-state index contributed by atoms with van der Waals surface area (Å²) in [4.78, 5) is 11.4. The molecule has 0 radical (unpaired) electrons. The lowest BCUT2D eigenvalue weighted by molar-refractivity contribution is 0.113. The summed E-state index contributed by atoms with van der Waals surface area (Å²) in [5.41, 5.74) is 2.28. The quantitative estimate of drug-likeness (QED) is 0.851. The van der Waals surface area contributed by atoms with Crippen LogP contribution in [0.2, 0.25) is 0 Å². The Morgan fingerprint density at radius 3 is 2.25 bits per heavy atom. The highest BCUT2D eigenvalue weighted by molar-refractivity contribution is 5.68. The molecule has 0 aliphatic carbocycles. The van der Waals surface area contributed by atoms with E-state index in [0.29, 0.717) is 0 Å². The molecule has 88 valence electrons. The van der Waals surface area contributed by atoms with E-state index in [1.54, 1.807) is 0 Å². The number of aryl methyl sites for hydroxylation is 1. The number of benzene rings is 1. The van der Waals surface area contributed by atoms with Gasteiger partial charge in [-0.25, -0.2) is 4.79 Å². The second-order valence-electron chi connectivity index (χ2n) is 4.23. The molecule has 0 heterocycles. The number of nitrogens with one attached hydrogen (secondary N) is 1. The molecular weight excluding hydrogens is 202 g/mol. The number of carbonyl (C=O) groups excluding carboxylic acids is 1. The molecule has 0 saturated carbocycles. The molecular formula is C13H19NO2. The highest BCUT2D eigenvalue weighted by atomic mass is 16.6. The number of rotatable bonds is 3. The first-order chi connectivity index (χ1) is 7.49. The van der Waals surface area contributed by atoms with Crippen LogP contribution in [0.3, 0.4) is 0 Å². The molecule has 1 aromatic carbocycles. The second-order valence-corrected chi connectivity index (χ2v) is 4.23. The van der Waals surface area contributed by atoms with Crippen molar-refractivity contribution in [3.63, 3.8) is 0 Å². The molecule has 0 fully saturated rings. The summed E-state index contributed by atoms with van der Waals surface area (Å²) >= 11 is 0. The van der Waals surface area contributed by atoms with Crippen LogP contribution in [0.4, 0.5) is 4.79 Å². The van der Waals surface area contributed by atoms with Crippen molar-refractivity contribution in [2.45, 2.75) is 39.8 Å². The van der Waals surface area contributed by atoms with Crippen molar-refractivity contribution >= 4 is 6.09 Å². The van der Waals surface area contributed by atoms with E-state index >= 15 is 0 Å². The Balaban J connectivity index is 2.55. The molecule has 1 unspecified atom stereocenters. The summed E-state index contributed by atoms with van der Waals surface area (Å²) in [7, 11) is 0. The van der Waals surface area contributed by atoms with E-state index in [2.05, 4.69) is 5.32 Å². The van der Waals surface area contributed by atoms with Gasteiger partial charge in [0.1, 0.15) is 0 Å². The zero-order valence-electron chi connectivity index (χ0n) is 10.3. The van der Waals surface area contributed by atoms with Gasteiger partial charge in [-0.2, -0.15) is 0 Å². The van der Waals surface area contributed by atoms with Gasteiger partial charge in [0.25, 0.3) is 0 Å². The van der Waals surface area contributed by atoms with Crippen LogP contribution in [0, 0.1) is 6.92 Å². The maximum absolute atomic E-state index is 11.4. The van der Waals surface area contributed by atoms with Gasteiger partial charge in [-0.1, -0.05) is 29.8 Å². The minimum absolute atomic E-state index is 0.0353. The Hall–Kier alpha value is -1.51. The number of ether oxygens (including phenoxy) is 1. The van der Waals surface area contributed by atoms with Crippen molar-refractivity contribution in [1.29, 1.82) is 0 Å². The average molecular weight is 221 g/mol. The molecule has 1 N–H and O–H groups in total. The van der Waals surface area contributed by atoms with Gasteiger partial charge >= 0.3 is 6.09 Å². The smallest absolute Gasteiger partial charge is 0.407 e. The van der Waals surface area contributed by atoms with E-state index in [1.165, 1.54) is 5.56 Å². The van der Waals surface area contributed by atoms with E-state index < -0.39 is 0 Å². The van der Waals surface area contributed by atoms with Crippen LogP contribution in [0.15, 0.2) is 24.3 Å². The fourth-order valence-electron chi connectivity index (χ4n) is 1.36. The normalized spacial score (nSPS) is 12.3. The Bertz CT molecular complexity index is 343. The minimum Gasteiger partial charge on any atom is -0.447 e. The lowest BCUT2D eigenvalue weighted by atomic mass is 10.1. The van der Waals surface area contributed by atoms with Gasteiger partial charge in [-0.05, 0) is 33.3 Å². The third-order valence-corrected chi connectivity index (χ3v) is 2.25. The summed E-state index contributed by atoms with van der Waals surface area (Å²) < 4.78 is 5.02. The highest BCUT2D eigenvalue weighted by Gasteiger charge is 2.10. The first-order valence-corrected chi connectivity index (χ1v) is 5.52. The van der Waals surface area contributed by atoms with Crippen molar-refractivity contribution in [3.8, 4) is 0 Å². The number of carbonyl (C=O) groups is 1. The van der Waals surface area contributed by atoms with Crippen LogP contribution < -0.4 is 5.32 Å². The van der Waals surface area contributed by atoms with Crippen molar-refractivity contribution in [1.82, 2.24) is 5.32 Å². The summed E-state index contributed by atoms with van der Waals surface area (Å²) in [6.07, 6.45) is -0.465. The number of amides is 1. The third kappa shape index (κ3) is 3.93. The fraction of sp³-hybridized carbons (Fsp3) is 0.462. The number of alkyl carbamates (subject to hydrolysis) is 1. The molecule has 0 aliphatic rings. The fourth-order valence-corrected chi connectivity index (χ4v) is 1.36. The molecule has 3 heteroatoms. The zero-order chi connectivity index (χ0) is 12.1. The van der Waals surface area contributed by atoms with Crippen molar-refractivity contribution in [3.05, 3.63) is 35.4 Å². The van der Waals surface area contributed by atoms with Crippen molar-refractivity contribution in [2.75, 3.05) is 0 Å². The van der Waals surface area contributed by atoms with Crippen molar-refractivity contribution in [2.24, 2.45) is 0 Å². The first-order valence-electron chi connectivity index (χ1n) is 5.52. The molecule has 1 amide bonds. The molecule has 1 atom stereocenters. The van der Waals surface area contributed by atoms with Gasteiger partial charge < -0.3 is 10.1 Å². The molecule has 0 spiro atoms.